The monoisotopic (exact) mass is 155 g/mol. The molecule has 1 nitrogen and oxygen atoms in total. The summed E-state index contributed by atoms with van der Waals surface area (Å²) in [5, 5.41) is 8.71. The van der Waals surface area contributed by atoms with E-state index in [1.165, 1.54) is 5.57 Å². The lowest BCUT2D eigenvalue weighted by Gasteiger charge is -1.96. The molecule has 0 heterocycles. The van der Waals surface area contributed by atoms with Crippen LogP contribution >= 0.6 is 0 Å². The van der Waals surface area contributed by atoms with Crippen molar-refractivity contribution in [3.8, 4) is 0 Å². The van der Waals surface area contributed by atoms with Crippen LogP contribution in [0.1, 0.15) is 35.0 Å². The van der Waals surface area contributed by atoms with E-state index in [0.29, 0.717) is 0 Å². The predicted molar refractivity (Wildman–Crippen MR) is 49.5 cm³/mol. The van der Waals surface area contributed by atoms with Gasteiger partial charge in [-0.2, -0.15) is 0 Å². The van der Waals surface area contributed by atoms with Gasteiger partial charge in [0.1, 0.15) is 0 Å². The highest BCUT2D eigenvalue weighted by molar-refractivity contribution is 5.01. The van der Waals surface area contributed by atoms with E-state index in [2.05, 4.69) is 19.9 Å². The summed E-state index contributed by atoms with van der Waals surface area (Å²) in [6.45, 7) is 5.02. The Morgan fingerprint density at radius 1 is 1.36 bits per heavy atom. The maximum Gasteiger partial charge on any atom is 0.0614 e. The van der Waals surface area contributed by atoms with Crippen molar-refractivity contribution in [3.63, 3.8) is 0 Å². The largest absolute Gasteiger partial charge is 0.392 e. The Morgan fingerprint density at radius 3 is 2.45 bits per heavy atom. The van der Waals surface area contributed by atoms with Gasteiger partial charge in [0.25, 0.3) is 0 Å². The molecule has 0 aromatic heterocycles. The molecular formula is C10H18O. The quantitative estimate of drug-likeness (QED) is 0.619. The van der Waals surface area contributed by atoms with Crippen LogP contribution in [0.25, 0.3) is 0 Å². The van der Waals surface area contributed by atoms with E-state index in [1.807, 2.05) is 6.92 Å². The topological polar surface area (TPSA) is 20.2 Å². The zero-order valence-electron chi connectivity index (χ0n) is 8.59. The fourth-order valence-electron chi connectivity index (χ4n) is 0.799. The molecule has 0 rings (SSSR count). The molecular weight excluding hydrogens is 136 g/mol. The Bertz CT molecular complexity index is 176. The maximum atomic E-state index is 8.71. The van der Waals surface area contributed by atoms with Crippen LogP contribution in [0.5, 0.6) is 0 Å². The summed E-state index contributed by atoms with van der Waals surface area (Å²) in [6, 6.07) is 0. The van der Waals surface area contributed by atoms with Crippen molar-refractivity contribution in [2.45, 2.75) is 33.6 Å². The van der Waals surface area contributed by atoms with E-state index in [4.69, 9.17) is 6.48 Å². The highest BCUT2D eigenvalue weighted by atomic mass is 16.2. The maximum absolute atomic E-state index is 8.71. The molecule has 64 valence electrons. The molecule has 0 aliphatic carbocycles. The average molecular weight is 155 g/mol. The van der Waals surface area contributed by atoms with Gasteiger partial charge in [-0.1, -0.05) is 23.3 Å². The van der Waals surface area contributed by atoms with Crippen molar-refractivity contribution in [2.24, 2.45) is 0 Å². The first-order valence-electron chi connectivity index (χ1n) is 4.51. The molecule has 11 heavy (non-hydrogen) atoms. The molecule has 0 aromatic carbocycles. The molecule has 0 bridgehead atoms. The molecule has 0 unspecified atom stereocenters. The number of aliphatic hydroxyl groups excluding tert-OH is 1. The van der Waals surface area contributed by atoms with Crippen LogP contribution in [0, 0.1) is 0 Å². The molecule has 0 saturated heterocycles. The van der Waals surface area contributed by atoms with Crippen LogP contribution in [-0.2, 0) is 0 Å². The van der Waals surface area contributed by atoms with Gasteiger partial charge in [-0.05, 0) is 33.6 Å². The highest BCUT2D eigenvalue weighted by Crippen LogP contribution is 2.05. The Labute approximate surface area is 70.8 Å². The lowest BCUT2D eigenvalue weighted by molar-refractivity contribution is 0.341. The Morgan fingerprint density at radius 2 is 2.00 bits per heavy atom. The predicted octanol–water partition coefficient (Wildman–Crippen LogP) is 2.67. The molecule has 0 aliphatic rings. The zero-order valence-corrected chi connectivity index (χ0v) is 7.59. The Balaban J connectivity index is 3.71. The highest BCUT2D eigenvalue weighted by Gasteiger charge is 1.86. The molecule has 0 aromatic rings. The van der Waals surface area contributed by atoms with E-state index in [9.17, 15) is 0 Å². The molecule has 1 atom stereocenters. The van der Waals surface area contributed by atoms with Crippen LogP contribution in [0.2, 0.25) is 0 Å². The van der Waals surface area contributed by atoms with Gasteiger partial charge < -0.3 is 5.11 Å². The summed E-state index contributed by atoms with van der Waals surface area (Å²) in [5.74, 6) is 0. The summed E-state index contributed by atoms with van der Waals surface area (Å²) in [7, 11) is 0. The normalized spacial score (nSPS) is 15.6. The number of hydrogen-bond acceptors (Lipinski definition) is 1. The fourth-order valence-corrected chi connectivity index (χ4v) is 0.799. The number of hydrogen-bond donors (Lipinski definition) is 1. The SMILES string of the molecule is [2H][C@H](O)/C=C(\C)CCC=C(C)C. The van der Waals surface area contributed by atoms with E-state index < -0.39 is 6.58 Å². The summed E-state index contributed by atoms with van der Waals surface area (Å²) < 4.78 is 6.89. The fraction of sp³-hybridized carbons (Fsp3) is 0.600. The third-order valence-electron chi connectivity index (χ3n) is 1.45. The van der Waals surface area contributed by atoms with Gasteiger partial charge in [0.05, 0.1) is 7.95 Å². The number of rotatable bonds is 4. The smallest absolute Gasteiger partial charge is 0.0614 e. The van der Waals surface area contributed by atoms with Crippen molar-refractivity contribution < 1.29 is 6.48 Å². The first-order chi connectivity index (χ1) is 5.52. The van der Waals surface area contributed by atoms with Gasteiger partial charge >= 0.3 is 0 Å². The third-order valence-corrected chi connectivity index (χ3v) is 1.45. The van der Waals surface area contributed by atoms with Crippen LogP contribution in [0.15, 0.2) is 23.3 Å². The Hall–Kier alpha value is -0.560. The van der Waals surface area contributed by atoms with E-state index in [-0.39, 0.29) is 0 Å². The first kappa shape index (κ1) is 8.54. The second-order valence-electron chi connectivity index (χ2n) is 2.98. The summed E-state index contributed by atoms with van der Waals surface area (Å²) >= 11 is 0. The number of aliphatic hydroxyl groups is 1. The van der Waals surface area contributed by atoms with E-state index in [1.54, 1.807) is 6.08 Å². The molecule has 0 aliphatic heterocycles. The summed E-state index contributed by atoms with van der Waals surface area (Å²) in [4.78, 5) is 0. The summed E-state index contributed by atoms with van der Waals surface area (Å²) in [6.07, 6.45) is 5.66. The molecule has 1 heteroatoms. The lowest BCUT2D eigenvalue weighted by Crippen LogP contribution is -1.80. The van der Waals surface area contributed by atoms with Gasteiger partial charge in [0.2, 0.25) is 0 Å². The molecule has 0 radical (unpaired) electrons. The van der Waals surface area contributed by atoms with Crippen LogP contribution in [0.3, 0.4) is 0 Å². The minimum atomic E-state index is -1.06. The second kappa shape index (κ2) is 6.17. The van der Waals surface area contributed by atoms with E-state index >= 15 is 0 Å². The van der Waals surface area contributed by atoms with Crippen molar-refractivity contribution in [1.29, 1.82) is 0 Å². The van der Waals surface area contributed by atoms with Crippen LogP contribution in [-0.4, -0.2) is 11.7 Å². The number of allylic oxidation sites excluding steroid dienone is 3. The van der Waals surface area contributed by atoms with Crippen molar-refractivity contribution in [1.82, 2.24) is 0 Å². The van der Waals surface area contributed by atoms with Gasteiger partial charge in [-0.3, -0.25) is 0 Å². The third kappa shape index (κ3) is 7.34. The van der Waals surface area contributed by atoms with Crippen molar-refractivity contribution >= 4 is 0 Å². The zero-order chi connectivity index (χ0) is 9.56. The lowest BCUT2D eigenvalue weighted by atomic mass is 10.1. The standard InChI is InChI=1S/C10H18O/c1-9(2)5-4-6-10(3)7-8-11/h5,7,11H,4,6,8H2,1-3H3/b10-7+/i8D/t8-/m0/s1. The molecule has 0 spiro atoms. The summed E-state index contributed by atoms with van der Waals surface area (Å²) in [5.41, 5.74) is 2.39. The molecule has 0 amide bonds. The molecule has 0 saturated carbocycles. The van der Waals surface area contributed by atoms with Gasteiger partial charge in [0.15, 0.2) is 0 Å². The van der Waals surface area contributed by atoms with Gasteiger partial charge in [0, 0.05) is 0 Å². The second-order valence-corrected chi connectivity index (χ2v) is 2.98. The van der Waals surface area contributed by atoms with Gasteiger partial charge in [-0.15, -0.1) is 0 Å². The Kier molecular flexibility index (Phi) is 4.79. The van der Waals surface area contributed by atoms with Crippen molar-refractivity contribution in [2.75, 3.05) is 6.58 Å². The first-order valence-corrected chi connectivity index (χ1v) is 3.93. The van der Waals surface area contributed by atoms with Crippen LogP contribution < -0.4 is 0 Å². The van der Waals surface area contributed by atoms with Crippen molar-refractivity contribution in [3.05, 3.63) is 23.3 Å². The van der Waals surface area contributed by atoms with Crippen LogP contribution in [0.4, 0.5) is 0 Å². The minimum Gasteiger partial charge on any atom is -0.392 e. The minimum absolute atomic E-state index is 0.932. The molecule has 0 fully saturated rings. The molecule has 1 N–H and O–H groups in total. The average Bonchev–Trinajstić information content (AvgIpc) is 1.84. The van der Waals surface area contributed by atoms with Gasteiger partial charge in [-0.25, -0.2) is 0 Å². The van der Waals surface area contributed by atoms with E-state index in [0.717, 1.165) is 18.4 Å².